The quantitative estimate of drug-likeness (QED) is 0.853. The summed E-state index contributed by atoms with van der Waals surface area (Å²) < 4.78 is 1.91. The third kappa shape index (κ3) is 4.77. The number of carbonyl (C=O) groups is 2. The fourth-order valence-electron chi connectivity index (χ4n) is 2.72. The molecule has 2 heterocycles. The standard InChI is InChI=1S/C14H22N4O3/c1-11(8-17-6-4-15-10-17)16-14(21)18-5-2-3-12(9-18)7-13(19)20/h4,6,10-12H,2-3,5,7-9H2,1H3,(H,16,21)(H,19,20). The molecule has 1 saturated heterocycles. The van der Waals surface area contributed by atoms with Crippen LogP contribution in [0, 0.1) is 5.92 Å². The Morgan fingerprint density at radius 3 is 3.00 bits per heavy atom. The summed E-state index contributed by atoms with van der Waals surface area (Å²) in [5.41, 5.74) is 0. The van der Waals surface area contributed by atoms with Gasteiger partial charge in [0.25, 0.3) is 0 Å². The molecule has 0 spiro atoms. The van der Waals surface area contributed by atoms with Crippen LogP contribution >= 0.6 is 0 Å². The lowest BCUT2D eigenvalue weighted by atomic mass is 9.95. The maximum absolute atomic E-state index is 12.2. The van der Waals surface area contributed by atoms with E-state index in [1.54, 1.807) is 17.4 Å². The SMILES string of the molecule is CC(Cn1ccnc1)NC(=O)N1CCCC(CC(=O)O)C1. The summed E-state index contributed by atoms with van der Waals surface area (Å²) in [6.45, 7) is 3.82. The molecule has 0 bridgehead atoms. The highest BCUT2D eigenvalue weighted by Crippen LogP contribution is 2.19. The van der Waals surface area contributed by atoms with E-state index in [0.29, 0.717) is 19.6 Å². The minimum Gasteiger partial charge on any atom is -0.481 e. The highest BCUT2D eigenvalue weighted by molar-refractivity contribution is 5.74. The molecular formula is C14H22N4O3. The molecule has 7 nitrogen and oxygen atoms in total. The molecular weight excluding hydrogens is 272 g/mol. The maximum Gasteiger partial charge on any atom is 0.317 e. The summed E-state index contributed by atoms with van der Waals surface area (Å²) in [5.74, 6) is -0.735. The second-order valence-corrected chi connectivity index (χ2v) is 5.66. The van der Waals surface area contributed by atoms with Crippen LogP contribution in [0.5, 0.6) is 0 Å². The van der Waals surface area contributed by atoms with E-state index in [-0.39, 0.29) is 24.4 Å². The number of carboxylic acids is 1. The molecule has 0 aromatic carbocycles. The minimum absolute atomic E-state index is 0.00782. The van der Waals surface area contributed by atoms with Crippen LogP contribution in [0.4, 0.5) is 4.79 Å². The fourth-order valence-corrected chi connectivity index (χ4v) is 2.72. The number of carboxylic acid groups (broad SMARTS) is 1. The van der Waals surface area contributed by atoms with Crippen molar-refractivity contribution in [2.75, 3.05) is 13.1 Å². The van der Waals surface area contributed by atoms with Gasteiger partial charge in [-0.1, -0.05) is 0 Å². The molecule has 1 aromatic heterocycles. The molecule has 2 atom stereocenters. The van der Waals surface area contributed by atoms with Crippen LogP contribution in [-0.4, -0.2) is 50.7 Å². The lowest BCUT2D eigenvalue weighted by Crippen LogP contribution is -2.49. The Balaban J connectivity index is 1.80. The number of aliphatic carboxylic acids is 1. The number of hydrogen-bond donors (Lipinski definition) is 2. The molecule has 0 radical (unpaired) electrons. The molecule has 2 amide bonds. The highest BCUT2D eigenvalue weighted by Gasteiger charge is 2.25. The van der Waals surface area contributed by atoms with Crippen molar-refractivity contribution < 1.29 is 14.7 Å². The Labute approximate surface area is 124 Å². The largest absolute Gasteiger partial charge is 0.481 e. The van der Waals surface area contributed by atoms with Crippen LogP contribution in [-0.2, 0) is 11.3 Å². The summed E-state index contributed by atoms with van der Waals surface area (Å²) in [4.78, 5) is 28.7. The van der Waals surface area contributed by atoms with Crippen molar-refractivity contribution >= 4 is 12.0 Å². The van der Waals surface area contributed by atoms with E-state index >= 15 is 0 Å². The second kappa shape index (κ2) is 7.10. The van der Waals surface area contributed by atoms with Gasteiger partial charge in [0, 0.05) is 44.5 Å². The molecule has 1 aliphatic rings. The Kier molecular flexibility index (Phi) is 5.19. The van der Waals surface area contributed by atoms with Crippen LogP contribution in [0.2, 0.25) is 0 Å². The van der Waals surface area contributed by atoms with Gasteiger partial charge in [0.05, 0.1) is 6.33 Å². The van der Waals surface area contributed by atoms with Crippen molar-refractivity contribution in [3.8, 4) is 0 Å². The maximum atomic E-state index is 12.2. The van der Waals surface area contributed by atoms with Gasteiger partial charge in [-0.3, -0.25) is 4.79 Å². The van der Waals surface area contributed by atoms with Crippen molar-refractivity contribution in [3.05, 3.63) is 18.7 Å². The molecule has 0 aliphatic carbocycles. The van der Waals surface area contributed by atoms with Gasteiger partial charge >= 0.3 is 12.0 Å². The van der Waals surface area contributed by atoms with Crippen molar-refractivity contribution in [1.29, 1.82) is 0 Å². The van der Waals surface area contributed by atoms with Gasteiger partial charge in [-0.15, -0.1) is 0 Å². The van der Waals surface area contributed by atoms with E-state index in [0.717, 1.165) is 12.8 Å². The van der Waals surface area contributed by atoms with Gasteiger partial charge in [-0.05, 0) is 25.7 Å². The molecule has 2 unspecified atom stereocenters. The number of carbonyl (C=O) groups excluding carboxylic acids is 1. The predicted molar refractivity (Wildman–Crippen MR) is 76.8 cm³/mol. The number of imidazole rings is 1. The lowest BCUT2D eigenvalue weighted by Gasteiger charge is -2.33. The molecule has 2 rings (SSSR count). The van der Waals surface area contributed by atoms with E-state index < -0.39 is 5.97 Å². The molecule has 7 heteroatoms. The summed E-state index contributed by atoms with van der Waals surface area (Å²) in [7, 11) is 0. The molecule has 2 N–H and O–H groups in total. The van der Waals surface area contributed by atoms with Gasteiger partial charge in [0.15, 0.2) is 0 Å². The van der Waals surface area contributed by atoms with Gasteiger partial charge in [0.1, 0.15) is 0 Å². The van der Waals surface area contributed by atoms with Crippen LogP contribution < -0.4 is 5.32 Å². The van der Waals surface area contributed by atoms with Gasteiger partial charge < -0.3 is 19.9 Å². The van der Waals surface area contributed by atoms with Gasteiger partial charge in [0.2, 0.25) is 0 Å². The first kappa shape index (κ1) is 15.3. The number of amides is 2. The highest BCUT2D eigenvalue weighted by atomic mass is 16.4. The van der Waals surface area contributed by atoms with E-state index in [4.69, 9.17) is 5.11 Å². The van der Waals surface area contributed by atoms with Crippen molar-refractivity contribution in [2.45, 2.75) is 38.8 Å². The topological polar surface area (TPSA) is 87.5 Å². The number of nitrogens with one attached hydrogen (secondary N) is 1. The van der Waals surface area contributed by atoms with E-state index in [9.17, 15) is 9.59 Å². The fraction of sp³-hybridized carbons (Fsp3) is 0.643. The zero-order valence-corrected chi connectivity index (χ0v) is 12.2. The summed E-state index contributed by atoms with van der Waals surface area (Å²) >= 11 is 0. The molecule has 1 aromatic rings. The first-order valence-corrected chi connectivity index (χ1v) is 7.27. The van der Waals surface area contributed by atoms with Crippen molar-refractivity contribution in [2.24, 2.45) is 5.92 Å². The third-order valence-electron chi connectivity index (χ3n) is 3.68. The lowest BCUT2D eigenvalue weighted by molar-refractivity contribution is -0.138. The van der Waals surface area contributed by atoms with Crippen LogP contribution in [0.15, 0.2) is 18.7 Å². The molecule has 21 heavy (non-hydrogen) atoms. The molecule has 116 valence electrons. The molecule has 1 aliphatic heterocycles. The number of aromatic nitrogens is 2. The monoisotopic (exact) mass is 294 g/mol. The van der Waals surface area contributed by atoms with Crippen LogP contribution in [0.1, 0.15) is 26.2 Å². The average Bonchev–Trinajstić information content (AvgIpc) is 2.90. The smallest absolute Gasteiger partial charge is 0.317 e. The minimum atomic E-state index is -0.796. The first-order valence-electron chi connectivity index (χ1n) is 7.27. The predicted octanol–water partition coefficient (Wildman–Crippen LogP) is 1.17. The summed E-state index contributed by atoms with van der Waals surface area (Å²) in [6.07, 6.45) is 7.14. The number of piperidine rings is 1. The third-order valence-corrected chi connectivity index (χ3v) is 3.68. The Morgan fingerprint density at radius 2 is 2.33 bits per heavy atom. The number of urea groups is 1. The Bertz CT molecular complexity index is 475. The zero-order chi connectivity index (χ0) is 15.2. The first-order chi connectivity index (χ1) is 10.0. The van der Waals surface area contributed by atoms with Gasteiger partial charge in [-0.2, -0.15) is 0 Å². The van der Waals surface area contributed by atoms with Crippen LogP contribution in [0.3, 0.4) is 0 Å². The van der Waals surface area contributed by atoms with Crippen molar-refractivity contribution in [3.63, 3.8) is 0 Å². The number of rotatable bonds is 5. The number of likely N-dealkylation sites (tertiary alicyclic amines) is 1. The van der Waals surface area contributed by atoms with Crippen LogP contribution in [0.25, 0.3) is 0 Å². The molecule has 1 fully saturated rings. The second-order valence-electron chi connectivity index (χ2n) is 5.66. The average molecular weight is 294 g/mol. The summed E-state index contributed by atoms with van der Waals surface area (Å²) in [5, 5.41) is 11.8. The van der Waals surface area contributed by atoms with E-state index in [1.807, 2.05) is 17.7 Å². The molecule has 0 saturated carbocycles. The van der Waals surface area contributed by atoms with Crippen molar-refractivity contribution in [1.82, 2.24) is 19.8 Å². The number of hydrogen-bond acceptors (Lipinski definition) is 3. The van der Waals surface area contributed by atoms with Gasteiger partial charge in [-0.25, -0.2) is 9.78 Å². The van der Waals surface area contributed by atoms with E-state index in [1.165, 1.54) is 0 Å². The number of nitrogens with zero attached hydrogens (tertiary/aromatic N) is 3. The summed E-state index contributed by atoms with van der Waals surface area (Å²) in [6, 6.07) is -0.121. The Hall–Kier alpha value is -2.05. The Morgan fingerprint density at radius 1 is 1.52 bits per heavy atom. The van der Waals surface area contributed by atoms with E-state index in [2.05, 4.69) is 10.3 Å². The normalized spacial score (nSPS) is 20.0. The zero-order valence-electron chi connectivity index (χ0n) is 12.2.